The Morgan fingerprint density at radius 1 is 1.33 bits per heavy atom. The van der Waals surface area contributed by atoms with Gasteiger partial charge in [0.2, 0.25) is 5.91 Å². The van der Waals surface area contributed by atoms with Crippen LogP contribution in [0.2, 0.25) is 0 Å². The smallest absolute Gasteiger partial charge is 0.241 e. The Morgan fingerprint density at radius 2 is 2.05 bits per heavy atom. The molecular formula is C17H28N2OS. The lowest BCUT2D eigenvalue weighted by Crippen LogP contribution is -2.34. The summed E-state index contributed by atoms with van der Waals surface area (Å²) in [5.41, 5.74) is 0. The van der Waals surface area contributed by atoms with Gasteiger partial charge in [-0.3, -0.25) is 10.1 Å². The molecule has 3 atom stereocenters. The molecule has 1 fully saturated rings. The zero-order valence-electron chi connectivity index (χ0n) is 13.8. The molecule has 1 aromatic rings. The first kappa shape index (κ1) is 16.5. The largest absolute Gasteiger partial charge is 0.320 e. The molecule has 118 valence electrons. The number of thiophene rings is 1. The van der Waals surface area contributed by atoms with Crippen LogP contribution in [-0.4, -0.2) is 23.4 Å². The van der Waals surface area contributed by atoms with Gasteiger partial charge in [-0.05, 0) is 37.3 Å². The normalized spacial score (nSPS) is 24.1. The molecule has 1 N–H and O–H groups in total. The molecule has 0 aromatic carbocycles. The minimum atomic E-state index is -0.0264. The lowest BCUT2D eigenvalue weighted by Gasteiger charge is -2.26. The third kappa shape index (κ3) is 3.86. The van der Waals surface area contributed by atoms with Crippen molar-refractivity contribution in [3.05, 3.63) is 21.9 Å². The van der Waals surface area contributed by atoms with Gasteiger partial charge >= 0.3 is 0 Å². The standard InChI is InChI=1S/C17H28N2OS/c1-6-12(4)10-19-16(15-8-7-13(5)21-15)18-14(17(19)20)9-11(2)3/h7-8,11-12,14,16,18H,6,9-10H2,1-5H3. The number of carbonyl (C=O) groups is 1. The van der Waals surface area contributed by atoms with Crippen LogP contribution >= 0.6 is 11.3 Å². The maximum Gasteiger partial charge on any atom is 0.241 e. The van der Waals surface area contributed by atoms with Crippen LogP contribution in [-0.2, 0) is 4.79 Å². The monoisotopic (exact) mass is 308 g/mol. The van der Waals surface area contributed by atoms with Gasteiger partial charge in [0.25, 0.3) is 0 Å². The molecule has 0 radical (unpaired) electrons. The molecule has 0 saturated carbocycles. The van der Waals surface area contributed by atoms with Crippen molar-refractivity contribution in [1.29, 1.82) is 0 Å². The van der Waals surface area contributed by atoms with Crippen molar-refractivity contribution in [2.24, 2.45) is 11.8 Å². The van der Waals surface area contributed by atoms with Crippen LogP contribution in [0.5, 0.6) is 0 Å². The molecule has 1 amide bonds. The third-order valence-corrected chi connectivity index (χ3v) is 5.25. The molecule has 3 unspecified atom stereocenters. The fourth-order valence-corrected chi connectivity index (χ4v) is 3.77. The number of rotatable bonds is 6. The number of amides is 1. The van der Waals surface area contributed by atoms with E-state index in [2.05, 4.69) is 57.0 Å². The fourth-order valence-electron chi connectivity index (χ4n) is 2.82. The average Bonchev–Trinajstić information content (AvgIpc) is 2.96. The Labute approximate surface area is 132 Å². The molecule has 1 aliphatic rings. The predicted molar refractivity (Wildman–Crippen MR) is 89.3 cm³/mol. The van der Waals surface area contributed by atoms with E-state index in [0.717, 1.165) is 19.4 Å². The lowest BCUT2D eigenvalue weighted by atomic mass is 10.0. The van der Waals surface area contributed by atoms with Crippen molar-refractivity contribution in [1.82, 2.24) is 10.2 Å². The highest BCUT2D eigenvalue weighted by molar-refractivity contribution is 7.12. The predicted octanol–water partition coefficient (Wildman–Crippen LogP) is 3.95. The maximum absolute atomic E-state index is 12.8. The van der Waals surface area contributed by atoms with Gasteiger partial charge in [0.1, 0.15) is 6.17 Å². The van der Waals surface area contributed by atoms with E-state index in [1.54, 1.807) is 11.3 Å². The molecule has 21 heavy (non-hydrogen) atoms. The van der Waals surface area contributed by atoms with Gasteiger partial charge in [-0.1, -0.05) is 34.1 Å². The van der Waals surface area contributed by atoms with E-state index in [9.17, 15) is 4.79 Å². The van der Waals surface area contributed by atoms with Gasteiger partial charge in [0.05, 0.1) is 6.04 Å². The highest BCUT2D eigenvalue weighted by Crippen LogP contribution is 2.32. The van der Waals surface area contributed by atoms with Crippen molar-refractivity contribution in [2.45, 2.75) is 59.7 Å². The molecule has 3 nitrogen and oxygen atoms in total. The van der Waals surface area contributed by atoms with Crippen molar-refractivity contribution < 1.29 is 4.79 Å². The van der Waals surface area contributed by atoms with E-state index in [1.807, 2.05) is 0 Å². The van der Waals surface area contributed by atoms with Crippen LogP contribution in [0.25, 0.3) is 0 Å². The first-order valence-electron chi connectivity index (χ1n) is 8.05. The second kappa shape index (κ2) is 6.93. The molecular weight excluding hydrogens is 280 g/mol. The number of nitrogens with one attached hydrogen (secondary N) is 1. The number of carbonyl (C=O) groups excluding carboxylic acids is 1. The van der Waals surface area contributed by atoms with Crippen LogP contribution in [0.3, 0.4) is 0 Å². The molecule has 1 aromatic heterocycles. The van der Waals surface area contributed by atoms with Crippen LogP contribution in [0, 0.1) is 18.8 Å². The van der Waals surface area contributed by atoms with Crippen molar-refractivity contribution in [3.8, 4) is 0 Å². The highest BCUT2D eigenvalue weighted by atomic mass is 32.1. The number of hydrogen-bond acceptors (Lipinski definition) is 3. The van der Waals surface area contributed by atoms with Crippen LogP contribution in [0.15, 0.2) is 12.1 Å². The summed E-state index contributed by atoms with van der Waals surface area (Å²) in [6.07, 6.45) is 2.08. The van der Waals surface area contributed by atoms with Gasteiger partial charge in [0.15, 0.2) is 0 Å². The SMILES string of the molecule is CCC(C)CN1C(=O)C(CC(C)C)NC1c1ccc(C)s1. The zero-order valence-corrected chi connectivity index (χ0v) is 14.7. The molecule has 0 spiro atoms. The highest BCUT2D eigenvalue weighted by Gasteiger charge is 2.40. The number of aryl methyl sites for hydroxylation is 1. The van der Waals surface area contributed by atoms with E-state index in [1.165, 1.54) is 9.75 Å². The van der Waals surface area contributed by atoms with Crippen molar-refractivity contribution in [2.75, 3.05) is 6.54 Å². The topological polar surface area (TPSA) is 32.3 Å². The summed E-state index contributed by atoms with van der Waals surface area (Å²) in [5.74, 6) is 1.35. The number of nitrogens with zero attached hydrogens (tertiary/aromatic N) is 1. The van der Waals surface area contributed by atoms with Crippen molar-refractivity contribution >= 4 is 17.2 Å². The van der Waals surface area contributed by atoms with Crippen LogP contribution in [0.4, 0.5) is 0 Å². The summed E-state index contributed by atoms with van der Waals surface area (Å²) in [4.78, 5) is 17.4. The second-order valence-corrected chi connectivity index (χ2v) is 8.02. The first-order valence-corrected chi connectivity index (χ1v) is 8.86. The molecule has 2 rings (SSSR count). The lowest BCUT2D eigenvalue weighted by molar-refractivity contribution is -0.130. The van der Waals surface area contributed by atoms with E-state index >= 15 is 0 Å². The van der Waals surface area contributed by atoms with Gasteiger partial charge in [-0.2, -0.15) is 0 Å². The van der Waals surface area contributed by atoms with E-state index in [-0.39, 0.29) is 18.1 Å². The Morgan fingerprint density at radius 3 is 2.57 bits per heavy atom. The molecule has 0 aliphatic carbocycles. The van der Waals surface area contributed by atoms with Gasteiger partial charge in [-0.25, -0.2) is 0 Å². The second-order valence-electron chi connectivity index (χ2n) is 6.70. The molecule has 1 saturated heterocycles. The van der Waals surface area contributed by atoms with E-state index in [0.29, 0.717) is 11.8 Å². The molecule has 0 bridgehead atoms. The van der Waals surface area contributed by atoms with Crippen molar-refractivity contribution in [3.63, 3.8) is 0 Å². The zero-order chi connectivity index (χ0) is 15.6. The summed E-state index contributed by atoms with van der Waals surface area (Å²) in [6.45, 7) is 11.7. The average molecular weight is 308 g/mol. The maximum atomic E-state index is 12.8. The van der Waals surface area contributed by atoms with E-state index < -0.39 is 0 Å². The van der Waals surface area contributed by atoms with E-state index in [4.69, 9.17) is 0 Å². The molecule has 2 heterocycles. The summed E-state index contributed by atoms with van der Waals surface area (Å²) in [5, 5.41) is 3.57. The van der Waals surface area contributed by atoms with Crippen LogP contribution < -0.4 is 5.32 Å². The summed E-state index contributed by atoms with van der Waals surface area (Å²) in [6, 6.07) is 4.27. The van der Waals surface area contributed by atoms with Gasteiger partial charge in [-0.15, -0.1) is 11.3 Å². The summed E-state index contributed by atoms with van der Waals surface area (Å²) >= 11 is 1.79. The molecule has 1 aliphatic heterocycles. The number of hydrogen-bond donors (Lipinski definition) is 1. The van der Waals surface area contributed by atoms with Crippen LogP contribution in [0.1, 0.15) is 56.5 Å². The quantitative estimate of drug-likeness (QED) is 0.863. The minimum Gasteiger partial charge on any atom is -0.320 e. The Balaban J connectivity index is 2.20. The Kier molecular flexibility index (Phi) is 5.44. The minimum absolute atomic E-state index is 0.0264. The molecule has 4 heteroatoms. The fraction of sp³-hybridized carbons (Fsp3) is 0.706. The first-order chi connectivity index (χ1) is 9.92. The van der Waals surface area contributed by atoms with Gasteiger partial charge < -0.3 is 4.90 Å². The Bertz CT molecular complexity index is 483. The van der Waals surface area contributed by atoms with Gasteiger partial charge in [0, 0.05) is 16.3 Å². The Hall–Kier alpha value is -0.870. The third-order valence-electron chi connectivity index (χ3n) is 4.19. The summed E-state index contributed by atoms with van der Waals surface area (Å²) in [7, 11) is 0. The summed E-state index contributed by atoms with van der Waals surface area (Å²) < 4.78 is 0.